The number of imidazole rings is 1. The number of aromatic nitrogens is 3. The third-order valence-corrected chi connectivity index (χ3v) is 5.72. The number of fused-ring (bicyclic) bond motifs is 1. The summed E-state index contributed by atoms with van der Waals surface area (Å²) in [6.07, 6.45) is 8.35. The van der Waals surface area contributed by atoms with Gasteiger partial charge in [0.05, 0.1) is 25.1 Å². The Morgan fingerprint density at radius 2 is 2.08 bits per heavy atom. The number of carbonyl (C=O) groups excluding carboxylic acids is 1. The summed E-state index contributed by atoms with van der Waals surface area (Å²) in [5, 5.41) is 14.6. The highest BCUT2D eigenvalue weighted by Gasteiger charge is 2.19. The van der Waals surface area contributed by atoms with Gasteiger partial charge in [-0.1, -0.05) is 19.6 Å². The van der Waals surface area contributed by atoms with Gasteiger partial charge in [-0.15, -0.1) is 0 Å². The van der Waals surface area contributed by atoms with E-state index in [-0.39, 0.29) is 17.2 Å². The van der Waals surface area contributed by atoms with Gasteiger partial charge in [0, 0.05) is 42.3 Å². The fourth-order valence-corrected chi connectivity index (χ4v) is 3.90. The van der Waals surface area contributed by atoms with Crippen molar-refractivity contribution in [3.63, 3.8) is 0 Å². The largest absolute Gasteiger partial charge is 0.476 e. The Labute approximate surface area is 230 Å². The molecule has 0 radical (unpaired) electrons. The fourth-order valence-electron chi connectivity index (χ4n) is 3.90. The van der Waals surface area contributed by atoms with E-state index in [1.165, 1.54) is 30.6 Å². The molecule has 10 nitrogen and oxygen atoms in total. The number of rotatable bonds is 14. The molecule has 3 rings (SSSR count). The molecule has 0 saturated heterocycles. The summed E-state index contributed by atoms with van der Waals surface area (Å²) in [5.41, 5.74) is 7.85. The quantitative estimate of drug-likeness (QED) is 0.156. The molecular formula is C28H31F2N7O3. The maximum absolute atomic E-state index is 14.9. The zero-order chi connectivity index (χ0) is 29.1. The highest BCUT2D eigenvalue weighted by atomic mass is 19.2. The number of nitrogens with two attached hydrogens (primary N) is 1. The molecule has 0 aliphatic carbocycles. The lowest BCUT2D eigenvalue weighted by atomic mass is 10.0. The molecule has 1 aromatic carbocycles. The maximum atomic E-state index is 14.9. The van der Waals surface area contributed by atoms with E-state index >= 15 is 0 Å². The SMILES string of the molecule is C=C/C(C(=O)NCCOCCN)=C(\C=C(/C)Nc1nccn2c(-c3ccc(OCC#N)c(F)c3F)cnc12)CC. The molecule has 0 aliphatic rings. The first-order chi connectivity index (χ1) is 19.4. The van der Waals surface area contributed by atoms with Gasteiger partial charge in [-0.3, -0.25) is 9.20 Å². The standard InChI is InChI=1S/C28H31F2N7O3/c1-4-19(20(5-2)28(38)34-11-15-39-13-8-31)16-18(3)36-26-27-35-17-22(37(27)12-10-33-26)21-6-7-23(40-14-9-32)25(30)24(21)29/h5-7,10,12,16-17H,2,4,8,11,13-15,31H2,1,3H3,(H,33,36)(H,34,38)/b18-16+,20-19+. The zero-order valence-corrected chi connectivity index (χ0v) is 22.3. The van der Waals surface area contributed by atoms with Crippen LogP contribution in [0, 0.1) is 23.0 Å². The molecule has 40 heavy (non-hydrogen) atoms. The van der Waals surface area contributed by atoms with E-state index in [0.29, 0.717) is 61.2 Å². The third-order valence-electron chi connectivity index (χ3n) is 5.72. The Morgan fingerprint density at radius 1 is 1.27 bits per heavy atom. The molecule has 0 unspecified atom stereocenters. The van der Waals surface area contributed by atoms with Crippen molar-refractivity contribution in [3.05, 3.63) is 77.9 Å². The van der Waals surface area contributed by atoms with Crippen LogP contribution in [-0.4, -0.2) is 53.2 Å². The molecule has 0 saturated carbocycles. The molecule has 1 amide bonds. The lowest BCUT2D eigenvalue weighted by Crippen LogP contribution is -2.29. The first-order valence-corrected chi connectivity index (χ1v) is 12.5. The summed E-state index contributed by atoms with van der Waals surface area (Å²) >= 11 is 0. The summed E-state index contributed by atoms with van der Waals surface area (Å²) in [6, 6.07) is 4.34. The average Bonchev–Trinajstić information content (AvgIpc) is 3.38. The predicted molar refractivity (Wildman–Crippen MR) is 147 cm³/mol. The number of allylic oxidation sites excluding steroid dienone is 3. The van der Waals surface area contributed by atoms with Gasteiger partial charge in [0.25, 0.3) is 5.91 Å². The van der Waals surface area contributed by atoms with E-state index < -0.39 is 18.2 Å². The maximum Gasteiger partial charge on any atom is 0.251 e. The van der Waals surface area contributed by atoms with Crippen LogP contribution in [0.4, 0.5) is 14.6 Å². The predicted octanol–water partition coefficient (Wildman–Crippen LogP) is 3.88. The Balaban J connectivity index is 1.86. The van der Waals surface area contributed by atoms with Crippen molar-refractivity contribution in [2.45, 2.75) is 20.3 Å². The number of hydrogen-bond donors (Lipinski definition) is 3. The van der Waals surface area contributed by atoms with Crippen molar-refractivity contribution in [1.82, 2.24) is 19.7 Å². The Kier molecular flexibility index (Phi) is 10.9. The van der Waals surface area contributed by atoms with Crippen molar-refractivity contribution in [1.29, 1.82) is 5.26 Å². The molecule has 3 aromatic rings. The van der Waals surface area contributed by atoms with Crippen LogP contribution in [-0.2, 0) is 9.53 Å². The van der Waals surface area contributed by atoms with E-state index in [9.17, 15) is 13.6 Å². The molecule has 0 atom stereocenters. The molecule has 0 aliphatic heterocycles. The molecule has 0 spiro atoms. The van der Waals surface area contributed by atoms with Gasteiger partial charge in [0.1, 0.15) is 6.07 Å². The number of benzene rings is 1. The number of amides is 1. The highest BCUT2D eigenvalue weighted by molar-refractivity contribution is 5.97. The second kappa shape index (κ2) is 14.5. The van der Waals surface area contributed by atoms with E-state index in [1.807, 2.05) is 13.0 Å². The van der Waals surface area contributed by atoms with Crippen molar-refractivity contribution >= 4 is 17.4 Å². The van der Waals surface area contributed by atoms with E-state index in [1.54, 1.807) is 23.6 Å². The molecule has 2 heterocycles. The number of ether oxygens (including phenoxy) is 2. The first kappa shape index (κ1) is 29.9. The van der Waals surface area contributed by atoms with Crippen LogP contribution in [0.15, 0.2) is 66.3 Å². The highest BCUT2D eigenvalue weighted by Crippen LogP contribution is 2.31. The second-order valence-electron chi connectivity index (χ2n) is 8.40. The fraction of sp³-hybridized carbons (Fsp3) is 0.286. The first-order valence-electron chi connectivity index (χ1n) is 12.5. The summed E-state index contributed by atoms with van der Waals surface area (Å²) in [6.45, 7) is 8.62. The molecule has 0 fully saturated rings. The summed E-state index contributed by atoms with van der Waals surface area (Å²) in [7, 11) is 0. The number of halogens is 2. The number of anilines is 1. The summed E-state index contributed by atoms with van der Waals surface area (Å²) in [5.74, 6) is -2.58. The van der Waals surface area contributed by atoms with Crippen LogP contribution < -0.4 is 21.1 Å². The summed E-state index contributed by atoms with van der Waals surface area (Å²) < 4.78 is 41.2. The normalized spacial score (nSPS) is 12.1. The minimum atomic E-state index is -1.20. The number of nitriles is 1. The van der Waals surface area contributed by atoms with Gasteiger partial charge in [-0.25, -0.2) is 14.4 Å². The van der Waals surface area contributed by atoms with Gasteiger partial charge in [0.15, 0.2) is 29.6 Å². The van der Waals surface area contributed by atoms with E-state index in [4.69, 9.17) is 20.5 Å². The van der Waals surface area contributed by atoms with Crippen molar-refractivity contribution < 1.29 is 23.0 Å². The van der Waals surface area contributed by atoms with Crippen LogP contribution in [0.1, 0.15) is 20.3 Å². The van der Waals surface area contributed by atoms with E-state index in [2.05, 4.69) is 27.2 Å². The Morgan fingerprint density at radius 3 is 2.77 bits per heavy atom. The van der Waals surface area contributed by atoms with Crippen LogP contribution in [0.5, 0.6) is 5.75 Å². The van der Waals surface area contributed by atoms with Gasteiger partial charge in [0.2, 0.25) is 5.82 Å². The Bertz CT molecular complexity index is 1470. The zero-order valence-electron chi connectivity index (χ0n) is 22.3. The Hall–Kier alpha value is -4.60. The number of carbonyl (C=O) groups is 1. The lowest BCUT2D eigenvalue weighted by molar-refractivity contribution is -0.117. The topological polar surface area (TPSA) is 140 Å². The van der Waals surface area contributed by atoms with Crippen LogP contribution in [0.3, 0.4) is 0 Å². The van der Waals surface area contributed by atoms with Crippen LogP contribution in [0.25, 0.3) is 16.9 Å². The number of nitrogens with zero attached hydrogens (tertiary/aromatic N) is 4. The molecular weight excluding hydrogens is 520 g/mol. The van der Waals surface area contributed by atoms with Gasteiger partial charge in [-0.05, 0) is 37.1 Å². The van der Waals surface area contributed by atoms with Gasteiger partial charge >= 0.3 is 0 Å². The molecule has 12 heteroatoms. The third kappa shape index (κ3) is 7.07. The number of nitrogens with one attached hydrogen (secondary N) is 2. The lowest BCUT2D eigenvalue weighted by Gasteiger charge is -2.12. The minimum Gasteiger partial charge on any atom is -0.476 e. The average molecular weight is 552 g/mol. The van der Waals surface area contributed by atoms with Crippen molar-refractivity contribution in [3.8, 4) is 23.1 Å². The summed E-state index contributed by atoms with van der Waals surface area (Å²) in [4.78, 5) is 21.4. The molecule has 4 N–H and O–H groups in total. The molecule has 210 valence electrons. The van der Waals surface area contributed by atoms with E-state index in [0.717, 1.165) is 5.57 Å². The van der Waals surface area contributed by atoms with Crippen molar-refractivity contribution in [2.75, 3.05) is 38.2 Å². The van der Waals surface area contributed by atoms with Crippen LogP contribution >= 0.6 is 0 Å². The monoisotopic (exact) mass is 551 g/mol. The smallest absolute Gasteiger partial charge is 0.251 e. The minimum absolute atomic E-state index is 0.0370. The van der Waals surface area contributed by atoms with Crippen molar-refractivity contribution in [2.24, 2.45) is 5.73 Å². The van der Waals surface area contributed by atoms with Gasteiger partial charge < -0.3 is 25.8 Å². The van der Waals surface area contributed by atoms with Gasteiger partial charge in [-0.2, -0.15) is 9.65 Å². The second-order valence-corrected chi connectivity index (χ2v) is 8.40. The molecule has 0 bridgehead atoms. The number of hydrogen-bond acceptors (Lipinski definition) is 8. The van der Waals surface area contributed by atoms with Crippen LogP contribution in [0.2, 0.25) is 0 Å². The molecule has 2 aromatic heterocycles.